The summed E-state index contributed by atoms with van der Waals surface area (Å²) >= 11 is 11.9. The van der Waals surface area contributed by atoms with Crippen molar-refractivity contribution in [2.24, 2.45) is 5.92 Å². The number of hydrogen-bond donors (Lipinski definition) is 1. The summed E-state index contributed by atoms with van der Waals surface area (Å²) in [6.07, 6.45) is 3.72. The minimum atomic E-state index is -0.729. The van der Waals surface area contributed by atoms with Crippen molar-refractivity contribution in [2.75, 3.05) is 13.2 Å². The molecule has 3 rings (SSSR count). The maximum Gasteiger partial charge on any atom is 0.325 e. The smallest absolute Gasteiger partial charge is 0.325 e. The molecule has 1 heterocycles. The second kappa shape index (κ2) is 6.81. The molecule has 0 bridgehead atoms. The molecule has 130 valence electrons. The molecule has 0 unspecified atom stereocenters. The van der Waals surface area contributed by atoms with E-state index >= 15 is 0 Å². The van der Waals surface area contributed by atoms with Crippen LogP contribution in [0.15, 0.2) is 18.2 Å². The summed E-state index contributed by atoms with van der Waals surface area (Å²) in [6.45, 7) is 2.41. The summed E-state index contributed by atoms with van der Waals surface area (Å²) in [5.41, 5.74) is -0.729. The lowest BCUT2D eigenvalue weighted by Crippen LogP contribution is -2.54. The van der Waals surface area contributed by atoms with E-state index in [1.165, 1.54) is 4.90 Å². The lowest BCUT2D eigenvalue weighted by atomic mass is 9.73. The molecule has 24 heavy (non-hydrogen) atoms. The van der Waals surface area contributed by atoms with Gasteiger partial charge in [0.05, 0.1) is 11.6 Å². The monoisotopic (exact) mass is 370 g/mol. The average molecular weight is 371 g/mol. The van der Waals surface area contributed by atoms with Crippen molar-refractivity contribution in [3.8, 4) is 5.75 Å². The van der Waals surface area contributed by atoms with Crippen molar-refractivity contribution in [1.29, 1.82) is 0 Å². The number of hydrogen-bond acceptors (Lipinski definition) is 3. The molecule has 1 spiro atoms. The van der Waals surface area contributed by atoms with Gasteiger partial charge in [-0.05, 0) is 37.0 Å². The number of halogens is 2. The van der Waals surface area contributed by atoms with Crippen molar-refractivity contribution in [2.45, 2.75) is 38.1 Å². The Morgan fingerprint density at radius 1 is 1.33 bits per heavy atom. The largest absolute Gasteiger partial charge is 0.490 e. The van der Waals surface area contributed by atoms with E-state index in [0.717, 1.165) is 19.3 Å². The van der Waals surface area contributed by atoms with Crippen LogP contribution in [-0.2, 0) is 4.79 Å². The molecule has 1 aliphatic carbocycles. The topological polar surface area (TPSA) is 58.6 Å². The summed E-state index contributed by atoms with van der Waals surface area (Å²) in [4.78, 5) is 26.3. The number of urea groups is 1. The Balaban J connectivity index is 1.63. The Morgan fingerprint density at radius 2 is 2.12 bits per heavy atom. The molecule has 1 saturated carbocycles. The second-order valence-electron chi connectivity index (χ2n) is 6.43. The first-order chi connectivity index (χ1) is 11.4. The van der Waals surface area contributed by atoms with E-state index in [9.17, 15) is 9.59 Å². The Hall–Kier alpha value is -1.46. The first-order valence-corrected chi connectivity index (χ1v) is 8.91. The molecule has 2 aliphatic rings. The number of rotatable bonds is 4. The maximum atomic E-state index is 12.8. The number of carbonyl (C=O) groups is 2. The zero-order chi connectivity index (χ0) is 17.3. The zero-order valence-electron chi connectivity index (χ0n) is 13.5. The summed E-state index contributed by atoms with van der Waals surface area (Å²) in [7, 11) is 0. The molecular formula is C17H20Cl2N2O3. The molecular weight excluding hydrogens is 351 g/mol. The van der Waals surface area contributed by atoms with Gasteiger partial charge in [-0.3, -0.25) is 9.69 Å². The highest BCUT2D eigenvalue weighted by molar-refractivity contribution is 6.35. The molecule has 1 saturated heterocycles. The van der Waals surface area contributed by atoms with Crippen molar-refractivity contribution in [3.05, 3.63) is 28.2 Å². The fourth-order valence-electron chi connectivity index (χ4n) is 3.54. The van der Waals surface area contributed by atoms with Crippen LogP contribution in [0.2, 0.25) is 10.0 Å². The highest BCUT2D eigenvalue weighted by atomic mass is 35.5. The Morgan fingerprint density at radius 3 is 2.83 bits per heavy atom. The quantitative estimate of drug-likeness (QED) is 0.818. The zero-order valence-corrected chi connectivity index (χ0v) is 15.0. The van der Waals surface area contributed by atoms with E-state index in [1.54, 1.807) is 18.2 Å². The standard InChI is InChI=1S/C17H20Cl2N2O3/c1-11-4-2-3-7-17(11)15(22)21(16(23)20-17)8-9-24-14-6-5-12(18)10-13(14)19/h5-6,10-11H,2-4,7-9H2,1H3,(H,20,23)/t11-,17+/m1/s1. The van der Waals surface area contributed by atoms with E-state index < -0.39 is 5.54 Å². The van der Waals surface area contributed by atoms with Crippen molar-refractivity contribution < 1.29 is 14.3 Å². The van der Waals surface area contributed by atoms with E-state index in [-0.39, 0.29) is 31.0 Å². The van der Waals surface area contributed by atoms with Gasteiger partial charge >= 0.3 is 6.03 Å². The van der Waals surface area contributed by atoms with Gasteiger partial charge in [0.2, 0.25) is 0 Å². The lowest BCUT2D eigenvalue weighted by Gasteiger charge is -2.36. The first kappa shape index (κ1) is 17.4. The molecule has 2 fully saturated rings. The van der Waals surface area contributed by atoms with Gasteiger partial charge in [-0.2, -0.15) is 0 Å². The molecule has 2 atom stereocenters. The molecule has 1 aliphatic heterocycles. The van der Waals surface area contributed by atoms with Crippen LogP contribution in [0.5, 0.6) is 5.75 Å². The van der Waals surface area contributed by atoms with Crippen LogP contribution < -0.4 is 10.1 Å². The van der Waals surface area contributed by atoms with Crippen molar-refractivity contribution >= 4 is 35.1 Å². The number of nitrogens with one attached hydrogen (secondary N) is 1. The highest BCUT2D eigenvalue weighted by Gasteiger charge is 2.54. The number of amides is 3. The van der Waals surface area contributed by atoms with Gasteiger partial charge in [-0.25, -0.2) is 4.79 Å². The molecule has 1 aromatic carbocycles. The predicted molar refractivity (Wildman–Crippen MR) is 92.6 cm³/mol. The van der Waals surface area contributed by atoms with Crippen LogP contribution in [0.4, 0.5) is 4.79 Å². The van der Waals surface area contributed by atoms with Crippen molar-refractivity contribution in [3.63, 3.8) is 0 Å². The number of imide groups is 1. The van der Waals surface area contributed by atoms with E-state index in [4.69, 9.17) is 27.9 Å². The highest BCUT2D eigenvalue weighted by Crippen LogP contribution is 2.38. The SMILES string of the molecule is C[C@@H]1CCCC[C@]12NC(=O)N(CCOc1ccc(Cl)cc1Cl)C2=O. The molecule has 3 amide bonds. The molecule has 0 aromatic heterocycles. The second-order valence-corrected chi connectivity index (χ2v) is 7.27. The molecule has 5 nitrogen and oxygen atoms in total. The fraction of sp³-hybridized carbons (Fsp3) is 0.529. The molecule has 7 heteroatoms. The van der Waals surface area contributed by atoms with Crippen LogP contribution in [-0.4, -0.2) is 35.5 Å². The Bertz CT molecular complexity index is 667. The third-order valence-electron chi connectivity index (χ3n) is 4.97. The number of benzene rings is 1. The van der Waals surface area contributed by atoms with Crippen LogP contribution in [0.25, 0.3) is 0 Å². The van der Waals surface area contributed by atoms with Crippen LogP contribution in [0.3, 0.4) is 0 Å². The van der Waals surface area contributed by atoms with E-state index in [2.05, 4.69) is 5.32 Å². The van der Waals surface area contributed by atoms with Gasteiger partial charge in [-0.1, -0.05) is 43.0 Å². The van der Waals surface area contributed by atoms with Gasteiger partial charge in [-0.15, -0.1) is 0 Å². The average Bonchev–Trinajstić information content (AvgIpc) is 2.77. The third-order valence-corrected chi connectivity index (χ3v) is 5.50. The molecule has 1 aromatic rings. The minimum absolute atomic E-state index is 0.134. The molecule has 0 radical (unpaired) electrons. The Kier molecular flexibility index (Phi) is 4.92. The Labute approximate surface area is 151 Å². The normalized spacial score (nSPS) is 26.8. The molecule has 1 N–H and O–H groups in total. The third kappa shape index (κ3) is 3.07. The van der Waals surface area contributed by atoms with Crippen molar-refractivity contribution in [1.82, 2.24) is 10.2 Å². The summed E-state index contributed by atoms with van der Waals surface area (Å²) in [5, 5.41) is 3.85. The van der Waals surface area contributed by atoms with Gasteiger partial charge in [0.25, 0.3) is 5.91 Å². The fourth-order valence-corrected chi connectivity index (χ4v) is 4.00. The summed E-state index contributed by atoms with van der Waals surface area (Å²) < 4.78 is 5.59. The summed E-state index contributed by atoms with van der Waals surface area (Å²) in [6, 6.07) is 4.60. The first-order valence-electron chi connectivity index (χ1n) is 8.16. The number of nitrogens with zero attached hydrogens (tertiary/aromatic N) is 1. The maximum absolute atomic E-state index is 12.8. The van der Waals surface area contributed by atoms with Crippen LogP contribution >= 0.6 is 23.2 Å². The van der Waals surface area contributed by atoms with E-state index in [1.807, 2.05) is 6.92 Å². The van der Waals surface area contributed by atoms with Crippen LogP contribution in [0.1, 0.15) is 32.6 Å². The lowest BCUT2D eigenvalue weighted by molar-refractivity contribution is -0.134. The minimum Gasteiger partial charge on any atom is -0.490 e. The number of ether oxygens (including phenoxy) is 1. The van der Waals surface area contributed by atoms with Crippen LogP contribution in [0, 0.1) is 5.92 Å². The summed E-state index contributed by atoms with van der Waals surface area (Å²) in [5.74, 6) is 0.499. The van der Waals surface area contributed by atoms with Gasteiger partial charge < -0.3 is 10.1 Å². The van der Waals surface area contributed by atoms with Gasteiger partial charge in [0.15, 0.2) is 0 Å². The van der Waals surface area contributed by atoms with Gasteiger partial charge in [0.1, 0.15) is 17.9 Å². The predicted octanol–water partition coefficient (Wildman–Crippen LogP) is 3.87. The van der Waals surface area contributed by atoms with E-state index in [0.29, 0.717) is 22.2 Å². The number of carbonyl (C=O) groups excluding carboxylic acids is 2. The van der Waals surface area contributed by atoms with Gasteiger partial charge in [0, 0.05) is 5.02 Å².